The number of carbonyl (C=O) groups is 1. The number of rotatable bonds is 0. The minimum Gasteiger partial charge on any atom is -0.508 e. The fourth-order valence-corrected chi connectivity index (χ4v) is 1.00. The molecule has 0 radical (unpaired) electrons. The van der Waals surface area contributed by atoms with E-state index in [0.717, 1.165) is 3.57 Å². The summed E-state index contributed by atoms with van der Waals surface area (Å²) in [6.45, 7) is 2.00. The molecule has 0 saturated heterocycles. The highest BCUT2D eigenvalue weighted by Gasteiger charge is 1.84. The van der Waals surface area contributed by atoms with Crippen molar-refractivity contribution < 1.29 is 9.90 Å². The first-order valence-electron chi connectivity index (χ1n) is 2.52. The number of hydrogen-bond acceptors (Lipinski definition) is 2. The van der Waals surface area contributed by atoms with Crippen molar-refractivity contribution in [2.24, 2.45) is 0 Å². The first-order valence-corrected chi connectivity index (χ1v) is 3.60. The largest absolute Gasteiger partial charge is 0.508 e. The molecule has 1 rings (SSSR count). The molecule has 54 valence electrons. The van der Waals surface area contributed by atoms with Gasteiger partial charge in [0, 0.05) is 3.57 Å². The third-order valence-corrected chi connectivity index (χ3v) is 1.48. The van der Waals surface area contributed by atoms with E-state index in [0.29, 0.717) is 5.75 Å². The quantitative estimate of drug-likeness (QED) is 0.713. The van der Waals surface area contributed by atoms with Gasteiger partial charge in [-0.3, -0.25) is 0 Å². The molecule has 0 bridgehead atoms. The molecule has 0 unspecified atom stereocenters. The molecule has 0 amide bonds. The molecule has 1 aromatic carbocycles. The van der Waals surface area contributed by atoms with Crippen molar-refractivity contribution in [1.82, 2.24) is 0 Å². The van der Waals surface area contributed by atoms with Crippen LogP contribution in [0.25, 0.3) is 0 Å². The van der Waals surface area contributed by atoms with Crippen LogP contribution in [0.5, 0.6) is 5.75 Å². The predicted molar refractivity (Wildman–Crippen MR) is 47.9 cm³/mol. The number of halogens is 1. The third-order valence-electron chi connectivity index (χ3n) is 0.808. The van der Waals surface area contributed by atoms with Crippen LogP contribution in [0.2, 0.25) is 0 Å². The lowest BCUT2D eigenvalue weighted by Gasteiger charge is -1.88. The van der Waals surface area contributed by atoms with Crippen molar-refractivity contribution in [3.05, 3.63) is 27.8 Å². The Morgan fingerprint density at radius 1 is 1.40 bits per heavy atom. The lowest BCUT2D eigenvalue weighted by atomic mass is 10.3. The van der Waals surface area contributed by atoms with Gasteiger partial charge >= 0.3 is 0 Å². The number of phenolic OH excluding ortho intramolecular Hbond substituents is 1. The van der Waals surface area contributed by atoms with Crippen LogP contribution >= 0.6 is 22.6 Å². The Labute approximate surface area is 73.0 Å². The lowest BCUT2D eigenvalue weighted by molar-refractivity contribution is -0.0979. The highest BCUT2D eigenvalue weighted by molar-refractivity contribution is 14.1. The SMILES string of the molecule is C=O.Oc1cccc(I)c1. The average Bonchev–Trinajstić information content (AvgIpc) is 1.91. The summed E-state index contributed by atoms with van der Waals surface area (Å²) in [5, 5.41) is 8.81. The Hall–Kier alpha value is -0.580. The zero-order chi connectivity index (χ0) is 7.98. The van der Waals surface area contributed by atoms with E-state index in [2.05, 4.69) is 22.6 Å². The predicted octanol–water partition coefficient (Wildman–Crippen LogP) is 1.81. The van der Waals surface area contributed by atoms with Crippen LogP contribution in [-0.4, -0.2) is 11.9 Å². The van der Waals surface area contributed by atoms with Crippen LogP contribution in [0.4, 0.5) is 0 Å². The van der Waals surface area contributed by atoms with Crippen molar-refractivity contribution in [3.8, 4) is 5.75 Å². The van der Waals surface area contributed by atoms with E-state index >= 15 is 0 Å². The van der Waals surface area contributed by atoms with E-state index in [1.165, 1.54) is 0 Å². The molecule has 2 nitrogen and oxygen atoms in total. The van der Waals surface area contributed by atoms with Crippen LogP contribution < -0.4 is 0 Å². The van der Waals surface area contributed by atoms with Gasteiger partial charge in [-0.15, -0.1) is 0 Å². The maximum atomic E-state index is 8.81. The van der Waals surface area contributed by atoms with Crippen molar-refractivity contribution in [2.75, 3.05) is 0 Å². The number of benzene rings is 1. The van der Waals surface area contributed by atoms with Gasteiger partial charge in [0.05, 0.1) is 0 Å². The van der Waals surface area contributed by atoms with E-state index in [-0.39, 0.29) is 0 Å². The Morgan fingerprint density at radius 3 is 2.30 bits per heavy atom. The summed E-state index contributed by atoms with van der Waals surface area (Å²) >= 11 is 2.15. The molecule has 0 aromatic heterocycles. The van der Waals surface area contributed by atoms with Crippen LogP contribution in [-0.2, 0) is 4.79 Å². The molecule has 0 spiro atoms. The smallest absolute Gasteiger partial charge is 0.116 e. The molecular weight excluding hydrogens is 243 g/mol. The number of hydrogen-bond donors (Lipinski definition) is 1. The fraction of sp³-hybridized carbons (Fsp3) is 0. The van der Waals surface area contributed by atoms with Crippen LogP contribution in [0.1, 0.15) is 0 Å². The second-order valence-electron chi connectivity index (χ2n) is 1.48. The fourth-order valence-electron chi connectivity index (χ4n) is 0.476. The first-order chi connectivity index (χ1) is 4.79. The van der Waals surface area contributed by atoms with Crippen LogP contribution in [0.15, 0.2) is 24.3 Å². The molecule has 0 aliphatic carbocycles. The van der Waals surface area contributed by atoms with Gasteiger partial charge in [0.15, 0.2) is 0 Å². The lowest BCUT2D eigenvalue weighted by Crippen LogP contribution is -1.65. The number of phenols is 1. The summed E-state index contributed by atoms with van der Waals surface area (Å²) in [6.07, 6.45) is 0. The summed E-state index contributed by atoms with van der Waals surface area (Å²) in [4.78, 5) is 8.00. The second kappa shape index (κ2) is 5.22. The topological polar surface area (TPSA) is 37.3 Å². The Bertz CT molecular complexity index is 183. The molecule has 3 heteroatoms. The minimum absolute atomic E-state index is 0.330. The van der Waals surface area contributed by atoms with Gasteiger partial charge in [0.2, 0.25) is 0 Å². The number of aromatic hydroxyl groups is 1. The standard InChI is InChI=1S/C6H5IO.CH2O/c7-5-2-1-3-6(8)4-5;1-2/h1-4,8H;1H2. The summed E-state index contributed by atoms with van der Waals surface area (Å²) in [5.41, 5.74) is 0. The van der Waals surface area contributed by atoms with E-state index in [9.17, 15) is 0 Å². The van der Waals surface area contributed by atoms with Gasteiger partial charge in [-0.2, -0.15) is 0 Å². The van der Waals surface area contributed by atoms with E-state index in [1.807, 2.05) is 18.9 Å². The minimum atomic E-state index is 0.330. The summed E-state index contributed by atoms with van der Waals surface area (Å²) in [7, 11) is 0. The van der Waals surface area contributed by atoms with E-state index in [4.69, 9.17) is 9.90 Å². The van der Waals surface area contributed by atoms with Gasteiger partial charge < -0.3 is 9.90 Å². The molecule has 1 N–H and O–H groups in total. The molecule has 10 heavy (non-hydrogen) atoms. The zero-order valence-electron chi connectivity index (χ0n) is 5.25. The highest BCUT2D eigenvalue weighted by atomic mass is 127. The monoisotopic (exact) mass is 250 g/mol. The third kappa shape index (κ3) is 3.45. The van der Waals surface area contributed by atoms with E-state index < -0.39 is 0 Å². The molecule has 0 aliphatic heterocycles. The first kappa shape index (κ1) is 9.42. The second-order valence-corrected chi connectivity index (χ2v) is 2.73. The summed E-state index contributed by atoms with van der Waals surface area (Å²) < 4.78 is 1.06. The Balaban J connectivity index is 0.000000371. The van der Waals surface area contributed by atoms with Gasteiger partial charge in [-0.1, -0.05) is 6.07 Å². The molecule has 0 fully saturated rings. The average molecular weight is 250 g/mol. The van der Waals surface area contributed by atoms with Gasteiger partial charge in [-0.05, 0) is 40.8 Å². The maximum Gasteiger partial charge on any atom is 0.116 e. The van der Waals surface area contributed by atoms with Crippen molar-refractivity contribution >= 4 is 29.4 Å². The molecule has 0 atom stereocenters. The molecular formula is C7H7IO2. The van der Waals surface area contributed by atoms with Gasteiger partial charge in [0.25, 0.3) is 0 Å². The zero-order valence-corrected chi connectivity index (χ0v) is 7.41. The Morgan fingerprint density at radius 2 is 2.00 bits per heavy atom. The van der Waals surface area contributed by atoms with Crippen LogP contribution in [0.3, 0.4) is 0 Å². The van der Waals surface area contributed by atoms with Gasteiger partial charge in [0.1, 0.15) is 12.5 Å². The van der Waals surface area contributed by atoms with Crippen LogP contribution in [0, 0.1) is 3.57 Å². The molecule has 0 heterocycles. The number of carbonyl (C=O) groups excluding carboxylic acids is 1. The molecule has 0 aliphatic rings. The molecule has 1 aromatic rings. The van der Waals surface area contributed by atoms with Crippen molar-refractivity contribution in [1.29, 1.82) is 0 Å². The Kier molecular flexibility index (Phi) is 4.92. The highest BCUT2D eigenvalue weighted by Crippen LogP contribution is 2.11. The van der Waals surface area contributed by atoms with Crippen molar-refractivity contribution in [2.45, 2.75) is 0 Å². The summed E-state index contributed by atoms with van der Waals surface area (Å²) in [5.74, 6) is 0.330. The maximum absolute atomic E-state index is 8.81. The normalized spacial score (nSPS) is 7.70. The summed E-state index contributed by atoms with van der Waals surface area (Å²) in [6, 6.07) is 7.11. The van der Waals surface area contributed by atoms with Gasteiger partial charge in [-0.25, -0.2) is 0 Å². The van der Waals surface area contributed by atoms with Crippen molar-refractivity contribution in [3.63, 3.8) is 0 Å². The molecule has 0 saturated carbocycles. The van der Waals surface area contributed by atoms with E-state index in [1.54, 1.807) is 12.1 Å².